The molecule has 20 heavy (non-hydrogen) atoms. The summed E-state index contributed by atoms with van der Waals surface area (Å²) in [7, 11) is 1.87. The van der Waals surface area contributed by atoms with Crippen molar-refractivity contribution in [2.75, 3.05) is 5.73 Å². The number of aryl methyl sites for hydroxylation is 2. The number of aromatic nitrogens is 3. The second-order valence-electron chi connectivity index (χ2n) is 4.94. The lowest BCUT2D eigenvalue weighted by molar-refractivity contribution is 0.232. The van der Waals surface area contributed by atoms with E-state index in [2.05, 4.69) is 10.1 Å². The summed E-state index contributed by atoms with van der Waals surface area (Å²) in [6.45, 7) is 7.68. The first-order valence-corrected chi connectivity index (χ1v) is 6.49. The summed E-state index contributed by atoms with van der Waals surface area (Å²) in [5.74, 6) is 1.53. The zero-order chi connectivity index (χ0) is 14.9. The van der Waals surface area contributed by atoms with E-state index < -0.39 is 0 Å². The van der Waals surface area contributed by atoms with Gasteiger partial charge in [0.05, 0.1) is 17.5 Å². The lowest BCUT2D eigenvalue weighted by Gasteiger charge is -2.12. The van der Waals surface area contributed by atoms with Gasteiger partial charge < -0.3 is 15.2 Å². The summed E-state index contributed by atoms with van der Waals surface area (Å²) >= 11 is 0. The van der Waals surface area contributed by atoms with Gasteiger partial charge in [0, 0.05) is 13.1 Å². The third-order valence-electron chi connectivity index (χ3n) is 2.86. The highest BCUT2D eigenvalue weighted by atomic mass is 16.5. The molecule has 108 valence electrons. The van der Waals surface area contributed by atoms with E-state index in [0.717, 1.165) is 11.4 Å². The summed E-state index contributed by atoms with van der Waals surface area (Å²) in [6, 6.07) is 3.44. The highest BCUT2D eigenvalue weighted by Gasteiger charge is 2.14. The average Bonchev–Trinajstić information content (AvgIpc) is 2.59. The molecule has 0 amide bonds. The van der Waals surface area contributed by atoms with Gasteiger partial charge in [-0.05, 0) is 33.8 Å². The summed E-state index contributed by atoms with van der Waals surface area (Å²) in [4.78, 5) is 4.29. The summed E-state index contributed by atoms with van der Waals surface area (Å²) < 4.78 is 13.1. The zero-order valence-corrected chi connectivity index (χ0v) is 12.5. The molecule has 2 rings (SSSR count). The highest BCUT2D eigenvalue weighted by molar-refractivity contribution is 5.50. The van der Waals surface area contributed by atoms with Gasteiger partial charge in [0.15, 0.2) is 5.75 Å². The molecule has 0 unspecified atom stereocenters. The van der Waals surface area contributed by atoms with Crippen LogP contribution >= 0.6 is 0 Å². The van der Waals surface area contributed by atoms with E-state index in [0.29, 0.717) is 23.2 Å². The third-order valence-corrected chi connectivity index (χ3v) is 2.86. The van der Waals surface area contributed by atoms with Crippen LogP contribution in [0.1, 0.15) is 25.2 Å². The molecule has 0 fully saturated rings. The van der Waals surface area contributed by atoms with Crippen molar-refractivity contribution in [1.82, 2.24) is 14.8 Å². The summed E-state index contributed by atoms with van der Waals surface area (Å²) in [5, 5.41) is 4.30. The average molecular weight is 276 g/mol. The van der Waals surface area contributed by atoms with Gasteiger partial charge in [-0.15, -0.1) is 0 Å². The molecule has 0 aliphatic heterocycles. The fraction of sp³-hybridized carbons (Fsp3) is 0.429. The Morgan fingerprint density at radius 1 is 1.25 bits per heavy atom. The third kappa shape index (κ3) is 2.84. The van der Waals surface area contributed by atoms with Crippen molar-refractivity contribution in [1.29, 1.82) is 0 Å². The molecule has 0 bridgehead atoms. The molecule has 0 aliphatic rings. The minimum Gasteiger partial charge on any atom is -0.473 e. The number of pyridine rings is 1. The maximum Gasteiger partial charge on any atom is 0.240 e. The van der Waals surface area contributed by atoms with Gasteiger partial charge in [-0.3, -0.25) is 4.68 Å². The molecule has 0 spiro atoms. The van der Waals surface area contributed by atoms with Gasteiger partial charge in [-0.25, -0.2) is 0 Å². The molecule has 2 heterocycles. The van der Waals surface area contributed by atoms with Crippen LogP contribution in [0, 0.1) is 13.8 Å². The van der Waals surface area contributed by atoms with Crippen molar-refractivity contribution >= 4 is 5.69 Å². The van der Waals surface area contributed by atoms with E-state index in [9.17, 15) is 0 Å². The van der Waals surface area contributed by atoms with E-state index in [1.807, 2.05) is 34.7 Å². The standard InChI is InChI=1S/C14H20N4O2/c1-8(2)19-14-11(15)6-7-12(16-14)20-13-9(3)17-18(5)10(13)4/h6-8H,15H2,1-5H3. The van der Waals surface area contributed by atoms with Crippen molar-refractivity contribution in [3.05, 3.63) is 23.5 Å². The molecule has 0 atom stereocenters. The highest BCUT2D eigenvalue weighted by Crippen LogP contribution is 2.30. The quantitative estimate of drug-likeness (QED) is 0.929. The van der Waals surface area contributed by atoms with E-state index in [1.165, 1.54) is 0 Å². The van der Waals surface area contributed by atoms with E-state index >= 15 is 0 Å². The van der Waals surface area contributed by atoms with Crippen molar-refractivity contribution in [3.8, 4) is 17.5 Å². The maximum absolute atomic E-state index is 5.84. The molecule has 2 aromatic heterocycles. The lowest BCUT2D eigenvalue weighted by Crippen LogP contribution is -2.09. The maximum atomic E-state index is 5.84. The van der Waals surface area contributed by atoms with Gasteiger partial charge >= 0.3 is 0 Å². The number of rotatable bonds is 4. The minimum absolute atomic E-state index is 0.00177. The monoisotopic (exact) mass is 276 g/mol. The number of hydrogen-bond acceptors (Lipinski definition) is 5. The van der Waals surface area contributed by atoms with Gasteiger partial charge in [-0.1, -0.05) is 0 Å². The first kappa shape index (κ1) is 14.2. The number of nitrogens with two attached hydrogens (primary N) is 1. The first-order valence-electron chi connectivity index (χ1n) is 6.49. The van der Waals surface area contributed by atoms with E-state index in [1.54, 1.807) is 16.8 Å². The summed E-state index contributed by atoms with van der Waals surface area (Å²) in [5.41, 5.74) is 8.08. The first-order chi connectivity index (χ1) is 9.38. The predicted molar refractivity (Wildman–Crippen MR) is 77.2 cm³/mol. The number of anilines is 1. The molecular formula is C14H20N4O2. The van der Waals surface area contributed by atoms with Crippen molar-refractivity contribution in [2.24, 2.45) is 7.05 Å². The Kier molecular flexibility index (Phi) is 3.83. The van der Waals surface area contributed by atoms with Crippen LogP contribution in [-0.4, -0.2) is 20.9 Å². The largest absolute Gasteiger partial charge is 0.473 e. The van der Waals surface area contributed by atoms with E-state index in [4.69, 9.17) is 15.2 Å². The van der Waals surface area contributed by atoms with Crippen molar-refractivity contribution in [2.45, 2.75) is 33.8 Å². The molecule has 6 nitrogen and oxygen atoms in total. The predicted octanol–water partition coefficient (Wildman–Crippen LogP) is 2.59. The van der Waals surface area contributed by atoms with Gasteiger partial charge in [0.2, 0.25) is 11.8 Å². The second-order valence-corrected chi connectivity index (χ2v) is 4.94. The van der Waals surface area contributed by atoms with Crippen LogP contribution in [0.15, 0.2) is 12.1 Å². The Balaban J connectivity index is 2.30. The smallest absolute Gasteiger partial charge is 0.240 e. The van der Waals surface area contributed by atoms with Crippen molar-refractivity contribution in [3.63, 3.8) is 0 Å². The Bertz CT molecular complexity index is 620. The SMILES string of the molecule is Cc1nn(C)c(C)c1Oc1ccc(N)c(OC(C)C)n1. The Labute approximate surface area is 118 Å². The summed E-state index contributed by atoms with van der Waals surface area (Å²) in [6.07, 6.45) is 0.00177. The van der Waals surface area contributed by atoms with Crippen LogP contribution in [-0.2, 0) is 7.05 Å². The van der Waals surface area contributed by atoms with Crippen LogP contribution < -0.4 is 15.2 Å². The Morgan fingerprint density at radius 3 is 2.50 bits per heavy atom. The normalized spacial score (nSPS) is 10.9. The molecule has 2 N–H and O–H groups in total. The fourth-order valence-corrected chi connectivity index (χ4v) is 1.82. The van der Waals surface area contributed by atoms with Gasteiger partial charge in [0.1, 0.15) is 5.69 Å². The topological polar surface area (TPSA) is 75.2 Å². The number of nitrogens with zero attached hydrogens (tertiary/aromatic N) is 3. The van der Waals surface area contributed by atoms with Gasteiger partial charge in [-0.2, -0.15) is 10.1 Å². The number of hydrogen-bond donors (Lipinski definition) is 1. The zero-order valence-electron chi connectivity index (χ0n) is 12.5. The van der Waals surface area contributed by atoms with Crippen LogP contribution in [0.2, 0.25) is 0 Å². The Morgan fingerprint density at radius 2 is 1.95 bits per heavy atom. The molecular weight excluding hydrogens is 256 g/mol. The number of ether oxygens (including phenoxy) is 2. The second kappa shape index (κ2) is 5.40. The van der Waals surface area contributed by atoms with Crippen LogP contribution in [0.3, 0.4) is 0 Å². The molecule has 0 saturated heterocycles. The van der Waals surface area contributed by atoms with Crippen LogP contribution in [0.25, 0.3) is 0 Å². The number of nitrogen functional groups attached to an aromatic ring is 1. The van der Waals surface area contributed by atoms with Crippen LogP contribution in [0.4, 0.5) is 5.69 Å². The van der Waals surface area contributed by atoms with Gasteiger partial charge in [0.25, 0.3) is 0 Å². The van der Waals surface area contributed by atoms with Crippen LogP contribution in [0.5, 0.6) is 17.5 Å². The molecule has 6 heteroatoms. The minimum atomic E-state index is 0.00177. The van der Waals surface area contributed by atoms with E-state index in [-0.39, 0.29) is 6.10 Å². The molecule has 0 aliphatic carbocycles. The molecule has 0 saturated carbocycles. The molecule has 0 aromatic carbocycles. The molecule has 2 aromatic rings. The Hall–Kier alpha value is -2.24. The lowest BCUT2D eigenvalue weighted by atomic mass is 10.3. The fourth-order valence-electron chi connectivity index (χ4n) is 1.82. The molecule has 0 radical (unpaired) electrons. The van der Waals surface area contributed by atoms with Crippen molar-refractivity contribution < 1.29 is 9.47 Å².